The maximum absolute atomic E-state index is 10.7. The smallest absolute Gasteiger partial charge is 0.337 e. The fourth-order valence-corrected chi connectivity index (χ4v) is 2.35. The van der Waals surface area contributed by atoms with E-state index in [0.29, 0.717) is 0 Å². The number of hydrogen-bond acceptors (Lipinski definition) is 3. The number of rotatable bonds is 3. The Morgan fingerprint density at radius 3 is 2.94 bits per heavy atom. The number of carbonyl (C=O) groups is 1. The number of nitrogens with zero attached hydrogens (tertiary/aromatic N) is 2. The van der Waals surface area contributed by atoms with E-state index in [-0.39, 0.29) is 5.56 Å². The second-order valence-electron chi connectivity index (χ2n) is 5.16. The maximum Gasteiger partial charge on any atom is 0.337 e. The molecule has 2 rings (SSSR count). The van der Waals surface area contributed by atoms with Gasteiger partial charge >= 0.3 is 5.97 Å². The number of likely N-dealkylation sites (tertiary alicyclic amines) is 1. The molecule has 1 aromatic heterocycles. The van der Waals surface area contributed by atoms with Crippen LogP contribution in [0.4, 0.5) is 0 Å². The molecule has 0 saturated carbocycles. The molecule has 1 atom stereocenters. The summed E-state index contributed by atoms with van der Waals surface area (Å²) in [4.78, 5) is 17.4. The van der Waals surface area contributed by atoms with E-state index in [1.807, 2.05) is 6.07 Å². The minimum atomic E-state index is -0.919. The Kier molecular flexibility index (Phi) is 4.31. The Hall–Kier alpha value is -1.42. The van der Waals surface area contributed by atoms with Gasteiger partial charge in [-0.25, -0.2) is 4.79 Å². The van der Waals surface area contributed by atoms with Crippen LogP contribution in [-0.2, 0) is 6.54 Å². The summed E-state index contributed by atoms with van der Waals surface area (Å²) in [7, 11) is 0. The summed E-state index contributed by atoms with van der Waals surface area (Å²) in [6, 6.07) is 3.45. The molecule has 0 aliphatic carbocycles. The lowest BCUT2D eigenvalue weighted by Gasteiger charge is -2.19. The molecule has 1 saturated heterocycles. The molecule has 0 radical (unpaired) electrons. The van der Waals surface area contributed by atoms with Crippen LogP contribution in [0.5, 0.6) is 0 Å². The molecule has 1 N–H and O–H groups in total. The van der Waals surface area contributed by atoms with Crippen LogP contribution in [0.2, 0.25) is 0 Å². The van der Waals surface area contributed by atoms with Gasteiger partial charge in [0.25, 0.3) is 0 Å². The molecule has 1 fully saturated rings. The first-order valence-corrected chi connectivity index (χ1v) is 6.55. The molecular formula is C14H20N2O2. The Morgan fingerprint density at radius 2 is 2.28 bits per heavy atom. The van der Waals surface area contributed by atoms with Gasteiger partial charge in [0.05, 0.1) is 11.3 Å². The lowest BCUT2D eigenvalue weighted by molar-refractivity contribution is 0.0696. The van der Waals surface area contributed by atoms with Crippen molar-refractivity contribution in [3.63, 3.8) is 0 Å². The van der Waals surface area contributed by atoms with Crippen LogP contribution < -0.4 is 0 Å². The molecule has 1 unspecified atom stereocenters. The second-order valence-corrected chi connectivity index (χ2v) is 5.16. The van der Waals surface area contributed by atoms with Crippen LogP contribution in [0, 0.1) is 5.92 Å². The molecule has 0 spiro atoms. The summed E-state index contributed by atoms with van der Waals surface area (Å²) < 4.78 is 0. The molecule has 1 aromatic rings. The summed E-state index contributed by atoms with van der Waals surface area (Å²) in [6.07, 6.45) is 5.24. The molecule has 1 aliphatic rings. The van der Waals surface area contributed by atoms with Gasteiger partial charge in [-0.05, 0) is 50.4 Å². The summed E-state index contributed by atoms with van der Waals surface area (Å²) in [5.41, 5.74) is 1.21. The van der Waals surface area contributed by atoms with E-state index in [2.05, 4.69) is 16.8 Å². The average molecular weight is 248 g/mol. The van der Waals surface area contributed by atoms with Gasteiger partial charge in [-0.3, -0.25) is 9.88 Å². The largest absolute Gasteiger partial charge is 0.478 e. The van der Waals surface area contributed by atoms with Crippen LogP contribution in [0.1, 0.15) is 42.2 Å². The Bertz CT molecular complexity index is 403. The first kappa shape index (κ1) is 13.0. The third kappa shape index (κ3) is 3.53. The topological polar surface area (TPSA) is 53.4 Å². The monoisotopic (exact) mass is 248 g/mol. The molecule has 0 amide bonds. The predicted molar refractivity (Wildman–Crippen MR) is 69.5 cm³/mol. The number of hydrogen-bond donors (Lipinski definition) is 1. The summed E-state index contributed by atoms with van der Waals surface area (Å²) in [5, 5.41) is 8.81. The molecule has 18 heavy (non-hydrogen) atoms. The highest BCUT2D eigenvalue weighted by Crippen LogP contribution is 2.17. The standard InChI is InChI=1S/C14H20N2O2/c1-11-3-2-7-16(8-6-11)10-13-5-4-12(9-15-13)14(17)18/h4-5,9,11H,2-3,6-8,10H2,1H3,(H,17,18). The fraction of sp³-hybridized carbons (Fsp3) is 0.571. The van der Waals surface area contributed by atoms with Crippen LogP contribution in [-0.4, -0.2) is 34.0 Å². The highest BCUT2D eigenvalue weighted by molar-refractivity contribution is 5.87. The first-order valence-electron chi connectivity index (χ1n) is 6.55. The quantitative estimate of drug-likeness (QED) is 0.892. The Balaban J connectivity index is 1.94. The SMILES string of the molecule is CC1CCCN(Cc2ccc(C(=O)O)cn2)CC1. The zero-order valence-electron chi connectivity index (χ0n) is 10.8. The van der Waals surface area contributed by atoms with Crippen molar-refractivity contribution in [2.45, 2.75) is 32.7 Å². The van der Waals surface area contributed by atoms with E-state index in [4.69, 9.17) is 5.11 Å². The zero-order valence-corrected chi connectivity index (χ0v) is 10.8. The molecule has 1 aliphatic heterocycles. The van der Waals surface area contributed by atoms with Crippen molar-refractivity contribution in [1.82, 2.24) is 9.88 Å². The molecule has 0 bridgehead atoms. The minimum Gasteiger partial charge on any atom is -0.478 e. The maximum atomic E-state index is 10.7. The highest BCUT2D eigenvalue weighted by atomic mass is 16.4. The van der Waals surface area contributed by atoms with Crippen molar-refractivity contribution < 1.29 is 9.90 Å². The minimum absolute atomic E-state index is 0.253. The van der Waals surface area contributed by atoms with Crippen LogP contribution in [0.25, 0.3) is 0 Å². The van der Waals surface area contributed by atoms with Crippen molar-refractivity contribution in [3.8, 4) is 0 Å². The van der Waals surface area contributed by atoms with Gasteiger partial charge in [-0.1, -0.05) is 6.92 Å². The van der Waals surface area contributed by atoms with Gasteiger partial charge in [-0.15, -0.1) is 0 Å². The normalized spacial score (nSPS) is 21.5. The van der Waals surface area contributed by atoms with Crippen molar-refractivity contribution in [1.29, 1.82) is 0 Å². The third-order valence-corrected chi connectivity index (χ3v) is 3.57. The van der Waals surface area contributed by atoms with E-state index in [1.165, 1.54) is 25.5 Å². The van der Waals surface area contributed by atoms with Gasteiger partial charge in [0, 0.05) is 12.7 Å². The Morgan fingerprint density at radius 1 is 1.44 bits per heavy atom. The molecule has 0 aromatic carbocycles. The zero-order chi connectivity index (χ0) is 13.0. The average Bonchev–Trinajstić information content (AvgIpc) is 2.55. The predicted octanol–water partition coefficient (Wildman–Crippen LogP) is 2.40. The molecule has 2 heterocycles. The molecular weight excluding hydrogens is 228 g/mol. The van der Waals surface area contributed by atoms with Gasteiger partial charge in [0.15, 0.2) is 0 Å². The van der Waals surface area contributed by atoms with E-state index in [1.54, 1.807) is 6.07 Å². The van der Waals surface area contributed by atoms with Gasteiger partial charge < -0.3 is 5.11 Å². The second kappa shape index (κ2) is 5.96. The molecule has 4 heteroatoms. The van der Waals surface area contributed by atoms with Crippen LogP contribution in [0.15, 0.2) is 18.3 Å². The summed E-state index contributed by atoms with van der Waals surface area (Å²) >= 11 is 0. The lowest BCUT2D eigenvalue weighted by Crippen LogP contribution is -2.24. The fourth-order valence-electron chi connectivity index (χ4n) is 2.35. The van der Waals surface area contributed by atoms with E-state index in [0.717, 1.165) is 31.2 Å². The number of aromatic nitrogens is 1. The number of carboxylic acid groups (broad SMARTS) is 1. The summed E-state index contributed by atoms with van der Waals surface area (Å²) in [5.74, 6) is -0.102. The summed E-state index contributed by atoms with van der Waals surface area (Å²) in [6.45, 7) is 5.37. The van der Waals surface area contributed by atoms with Crippen molar-refractivity contribution >= 4 is 5.97 Å². The van der Waals surface area contributed by atoms with E-state index in [9.17, 15) is 4.79 Å². The molecule has 4 nitrogen and oxygen atoms in total. The van der Waals surface area contributed by atoms with E-state index < -0.39 is 5.97 Å². The lowest BCUT2D eigenvalue weighted by atomic mass is 10.0. The van der Waals surface area contributed by atoms with Gasteiger partial charge in [-0.2, -0.15) is 0 Å². The highest BCUT2D eigenvalue weighted by Gasteiger charge is 2.14. The van der Waals surface area contributed by atoms with Gasteiger partial charge in [0.1, 0.15) is 0 Å². The first-order chi connectivity index (χ1) is 8.65. The van der Waals surface area contributed by atoms with Crippen molar-refractivity contribution in [2.24, 2.45) is 5.92 Å². The Labute approximate surface area is 108 Å². The molecule has 98 valence electrons. The van der Waals surface area contributed by atoms with Crippen molar-refractivity contribution in [2.75, 3.05) is 13.1 Å². The van der Waals surface area contributed by atoms with Gasteiger partial charge in [0.2, 0.25) is 0 Å². The van der Waals surface area contributed by atoms with Crippen LogP contribution in [0.3, 0.4) is 0 Å². The number of pyridine rings is 1. The number of aromatic carboxylic acids is 1. The van der Waals surface area contributed by atoms with E-state index >= 15 is 0 Å². The van der Waals surface area contributed by atoms with Crippen molar-refractivity contribution in [3.05, 3.63) is 29.6 Å². The van der Waals surface area contributed by atoms with Crippen LogP contribution >= 0.6 is 0 Å². The number of carboxylic acids is 1. The third-order valence-electron chi connectivity index (χ3n) is 3.57.